The Bertz CT molecular complexity index is 1230. The molecule has 0 amide bonds. The second-order valence-electron chi connectivity index (χ2n) is 8.94. The number of hydrogen-bond acceptors (Lipinski definition) is 6. The lowest BCUT2D eigenvalue weighted by Gasteiger charge is -2.36. The van der Waals surface area contributed by atoms with Gasteiger partial charge in [0, 0.05) is 43.8 Å². The van der Waals surface area contributed by atoms with Gasteiger partial charge in [-0.1, -0.05) is 29.8 Å². The van der Waals surface area contributed by atoms with E-state index in [4.69, 9.17) is 31.5 Å². The van der Waals surface area contributed by atoms with Crippen LogP contribution in [-0.4, -0.2) is 64.3 Å². The minimum atomic E-state index is -5.08. The van der Waals surface area contributed by atoms with Crippen molar-refractivity contribution < 1.29 is 23.1 Å². The molecular formula is C25H27ClF3N5O2. The zero-order valence-corrected chi connectivity index (χ0v) is 20.5. The Morgan fingerprint density at radius 1 is 1.08 bits per heavy atom. The highest BCUT2D eigenvalue weighted by atomic mass is 35.5. The lowest BCUT2D eigenvalue weighted by Crippen LogP contribution is -2.46. The van der Waals surface area contributed by atoms with Crippen molar-refractivity contribution in [3.63, 3.8) is 0 Å². The van der Waals surface area contributed by atoms with E-state index >= 15 is 0 Å². The summed E-state index contributed by atoms with van der Waals surface area (Å²) in [4.78, 5) is 23.6. The van der Waals surface area contributed by atoms with Gasteiger partial charge in [0.15, 0.2) is 11.6 Å². The van der Waals surface area contributed by atoms with Crippen molar-refractivity contribution in [2.45, 2.75) is 38.5 Å². The molecule has 1 aliphatic heterocycles. The predicted octanol–water partition coefficient (Wildman–Crippen LogP) is 5.12. The molecule has 7 nitrogen and oxygen atoms in total. The summed E-state index contributed by atoms with van der Waals surface area (Å²) in [5, 5.41) is 11.5. The fraction of sp³-hybridized carbons (Fsp3) is 0.400. The first-order chi connectivity index (χ1) is 17.1. The van der Waals surface area contributed by atoms with Gasteiger partial charge in [0.25, 0.3) is 0 Å². The minimum Gasteiger partial charge on any atom is -0.475 e. The summed E-state index contributed by atoms with van der Waals surface area (Å²) in [5.74, 6) is -0.827. The van der Waals surface area contributed by atoms with E-state index in [0.29, 0.717) is 6.04 Å². The molecule has 1 saturated carbocycles. The third-order valence-electron chi connectivity index (χ3n) is 6.09. The van der Waals surface area contributed by atoms with Crippen LogP contribution in [0, 0.1) is 6.92 Å². The van der Waals surface area contributed by atoms with Gasteiger partial charge in [0.05, 0.1) is 11.0 Å². The summed E-state index contributed by atoms with van der Waals surface area (Å²) in [7, 11) is 0. The second-order valence-corrected chi connectivity index (χ2v) is 9.38. The molecule has 3 aromatic rings. The van der Waals surface area contributed by atoms with E-state index in [9.17, 15) is 13.2 Å². The highest BCUT2D eigenvalue weighted by Crippen LogP contribution is 2.31. The number of hydrogen-bond donors (Lipinski definition) is 2. The van der Waals surface area contributed by atoms with E-state index in [-0.39, 0.29) is 0 Å². The standard InChI is InChI=1S/C23H26ClN5.C2HF3O2/c1-16-6-7-18(24)14-17(16)15-28-10-12-29(13-11-28)23-22(25-19-8-9-19)26-20-4-2-3-5-21(20)27-23;3-2(4,5)1(6)7/h2-7,14,19H,8-13,15H2,1H3,(H,25,26);(H,6,7). The number of carboxylic acids is 1. The van der Waals surface area contributed by atoms with E-state index in [1.54, 1.807) is 0 Å². The fourth-order valence-electron chi connectivity index (χ4n) is 3.90. The van der Waals surface area contributed by atoms with Gasteiger partial charge in [-0.05, 0) is 55.2 Å². The third-order valence-corrected chi connectivity index (χ3v) is 6.32. The molecule has 2 aliphatic rings. The van der Waals surface area contributed by atoms with E-state index in [1.807, 2.05) is 30.3 Å². The van der Waals surface area contributed by atoms with E-state index in [0.717, 1.165) is 60.4 Å². The van der Waals surface area contributed by atoms with Gasteiger partial charge in [-0.15, -0.1) is 0 Å². The summed E-state index contributed by atoms with van der Waals surface area (Å²) in [5.41, 5.74) is 4.52. The van der Waals surface area contributed by atoms with Crippen molar-refractivity contribution in [3.05, 3.63) is 58.6 Å². The van der Waals surface area contributed by atoms with Crippen molar-refractivity contribution in [3.8, 4) is 0 Å². The van der Waals surface area contributed by atoms with Gasteiger partial charge in [-0.2, -0.15) is 13.2 Å². The quantitative estimate of drug-likeness (QED) is 0.482. The molecule has 0 spiro atoms. The number of fused-ring (bicyclic) bond motifs is 1. The summed E-state index contributed by atoms with van der Waals surface area (Å²) in [6, 6.07) is 14.8. The number of aromatic nitrogens is 2. The highest BCUT2D eigenvalue weighted by molar-refractivity contribution is 6.30. The number of halogens is 4. The Morgan fingerprint density at radius 2 is 1.69 bits per heavy atom. The van der Waals surface area contributed by atoms with Crippen LogP contribution in [0.3, 0.4) is 0 Å². The summed E-state index contributed by atoms with van der Waals surface area (Å²) >= 11 is 6.20. The van der Waals surface area contributed by atoms with Crippen molar-refractivity contribution in [1.29, 1.82) is 0 Å². The third kappa shape index (κ3) is 6.76. The van der Waals surface area contributed by atoms with Gasteiger partial charge < -0.3 is 15.3 Å². The van der Waals surface area contributed by atoms with Gasteiger partial charge in [0.2, 0.25) is 0 Å². The molecule has 2 N–H and O–H groups in total. The smallest absolute Gasteiger partial charge is 0.475 e. The van der Waals surface area contributed by atoms with E-state index in [2.05, 4.69) is 34.2 Å². The number of anilines is 2. The van der Waals surface area contributed by atoms with Gasteiger partial charge in [-0.3, -0.25) is 4.90 Å². The van der Waals surface area contributed by atoms with Crippen LogP contribution in [0.4, 0.5) is 24.8 Å². The fourth-order valence-corrected chi connectivity index (χ4v) is 4.09. The molecule has 5 rings (SSSR count). The monoisotopic (exact) mass is 521 g/mol. The predicted molar refractivity (Wildman–Crippen MR) is 134 cm³/mol. The Kier molecular flexibility index (Phi) is 7.85. The number of carbonyl (C=O) groups is 1. The number of carboxylic acid groups (broad SMARTS) is 1. The van der Waals surface area contributed by atoms with E-state index in [1.165, 1.54) is 24.0 Å². The molecule has 2 heterocycles. The molecule has 0 atom stereocenters. The number of benzene rings is 2. The van der Waals surface area contributed by atoms with Crippen molar-refractivity contribution in [2.75, 3.05) is 36.4 Å². The number of aliphatic carboxylic acids is 1. The molecule has 2 aromatic carbocycles. The SMILES string of the molecule is Cc1ccc(Cl)cc1CN1CCN(c2nc3ccccc3nc2NC2CC2)CC1.O=C(O)C(F)(F)F. The zero-order valence-electron chi connectivity index (χ0n) is 19.7. The van der Waals surface area contributed by atoms with Crippen molar-refractivity contribution in [1.82, 2.24) is 14.9 Å². The highest BCUT2D eigenvalue weighted by Gasteiger charge is 2.38. The van der Waals surface area contributed by atoms with Crippen LogP contribution in [0.2, 0.25) is 5.02 Å². The lowest BCUT2D eigenvalue weighted by atomic mass is 10.1. The van der Waals surface area contributed by atoms with Crippen LogP contribution in [0.25, 0.3) is 11.0 Å². The largest absolute Gasteiger partial charge is 0.490 e. The van der Waals surface area contributed by atoms with Crippen LogP contribution < -0.4 is 10.2 Å². The Morgan fingerprint density at radius 3 is 2.28 bits per heavy atom. The van der Waals surface area contributed by atoms with Gasteiger partial charge in [-0.25, -0.2) is 14.8 Å². The molecule has 1 aromatic heterocycles. The molecule has 192 valence electrons. The number of piperazine rings is 1. The first-order valence-corrected chi connectivity index (χ1v) is 12.0. The van der Waals surface area contributed by atoms with Crippen LogP contribution in [-0.2, 0) is 11.3 Å². The first kappa shape index (κ1) is 26.0. The Balaban J connectivity index is 0.000000384. The van der Waals surface area contributed by atoms with Crippen LogP contribution in [0.1, 0.15) is 24.0 Å². The second kappa shape index (κ2) is 10.9. The van der Waals surface area contributed by atoms with Crippen molar-refractivity contribution in [2.24, 2.45) is 0 Å². The molecule has 2 fully saturated rings. The number of nitrogens with one attached hydrogen (secondary N) is 1. The van der Waals surface area contributed by atoms with Gasteiger partial charge >= 0.3 is 12.1 Å². The lowest BCUT2D eigenvalue weighted by molar-refractivity contribution is -0.192. The maximum absolute atomic E-state index is 10.6. The van der Waals surface area contributed by atoms with Crippen molar-refractivity contribution >= 4 is 40.2 Å². The topological polar surface area (TPSA) is 81.6 Å². The number of alkyl halides is 3. The molecule has 36 heavy (non-hydrogen) atoms. The maximum Gasteiger partial charge on any atom is 0.490 e. The van der Waals surface area contributed by atoms with Crippen LogP contribution in [0.15, 0.2) is 42.5 Å². The average molecular weight is 522 g/mol. The number of nitrogens with zero attached hydrogens (tertiary/aromatic N) is 4. The zero-order chi connectivity index (χ0) is 25.9. The molecule has 11 heteroatoms. The molecule has 0 radical (unpaired) electrons. The number of para-hydroxylation sites is 2. The van der Waals surface area contributed by atoms with Crippen LogP contribution >= 0.6 is 11.6 Å². The number of rotatable bonds is 5. The summed E-state index contributed by atoms with van der Waals surface area (Å²) < 4.78 is 31.7. The normalized spacial score (nSPS) is 16.4. The Labute approximate surface area is 211 Å². The maximum atomic E-state index is 10.6. The van der Waals surface area contributed by atoms with E-state index < -0.39 is 12.1 Å². The molecule has 0 bridgehead atoms. The summed E-state index contributed by atoms with van der Waals surface area (Å²) in [6.07, 6.45) is -2.64. The molecule has 0 unspecified atom stereocenters. The molecular weight excluding hydrogens is 495 g/mol. The Hall–Kier alpha value is -3.11. The van der Waals surface area contributed by atoms with Gasteiger partial charge in [0.1, 0.15) is 0 Å². The number of aryl methyl sites for hydroxylation is 1. The molecule has 1 aliphatic carbocycles. The minimum absolute atomic E-state index is 0.552. The average Bonchev–Trinajstić information content (AvgIpc) is 3.65. The first-order valence-electron chi connectivity index (χ1n) is 11.7. The van der Waals surface area contributed by atoms with Crippen LogP contribution in [0.5, 0.6) is 0 Å². The molecule has 1 saturated heterocycles. The summed E-state index contributed by atoms with van der Waals surface area (Å²) in [6.45, 7) is 7.00.